The lowest BCUT2D eigenvalue weighted by Crippen LogP contribution is -2.31. The number of rotatable bonds is 3. The second-order valence-electron chi connectivity index (χ2n) is 3.10. The first-order valence-corrected chi connectivity index (χ1v) is 4.19. The van der Waals surface area contributed by atoms with E-state index in [4.69, 9.17) is 15.3 Å². The van der Waals surface area contributed by atoms with Crippen molar-refractivity contribution in [1.82, 2.24) is 4.90 Å². The topological polar surface area (TPSA) is 98.1 Å². The van der Waals surface area contributed by atoms with Crippen LogP contribution in [0, 0.1) is 0 Å². The lowest BCUT2D eigenvalue weighted by molar-refractivity contribution is -0.132. The molecule has 0 aliphatic rings. The van der Waals surface area contributed by atoms with Crippen LogP contribution in [-0.2, 0) is 4.79 Å². The normalized spacial score (nSPS) is 10.7. The van der Waals surface area contributed by atoms with Crippen LogP contribution in [0.15, 0.2) is 12.2 Å². The second kappa shape index (κ2) is 7.81. The molecule has 0 radical (unpaired) electrons. The standard InChI is InChI=1S/C5H11NO3.C4H6O2/c1-4(7)3-6(2)5(8)9;1-3(2)4(5)6/h4,7H,3H2,1-2H3,(H,8,9);1H2,2H3,(H,5,6). The van der Waals surface area contributed by atoms with E-state index in [0.29, 0.717) is 0 Å². The quantitative estimate of drug-likeness (QED) is 0.604. The fraction of sp³-hybridized carbons (Fsp3) is 0.556. The summed E-state index contributed by atoms with van der Waals surface area (Å²) in [5.74, 6) is -0.935. The first kappa shape index (κ1) is 15.9. The van der Waals surface area contributed by atoms with Crippen LogP contribution in [0.5, 0.6) is 0 Å². The number of nitrogens with zero attached hydrogens (tertiary/aromatic N) is 1. The molecule has 0 aromatic carbocycles. The summed E-state index contributed by atoms with van der Waals surface area (Å²) >= 11 is 0. The number of hydrogen-bond donors (Lipinski definition) is 3. The Morgan fingerprint density at radius 1 is 1.40 bits per heavy atom. The van der Waals surface area contributed by atoms with Crippen molar-refractivity contribution < 1.29 is 24.9 Å². The van der Waals surface area contributed by atoms with Gasteiger partial charge in [0.15, 0.2) is 0 Å². The lowest BCUT2D eigenvalue weighted by atomic mass is 10.4. The highest BCUT2D eigenvalue weighted by Crippen LogP contribution is 1.86. The van der Waals surface area contributed by atoms with E-state index in [9.17, 15) is 9.59 Å². The van der Waals surface area contributed by atoms with Crippen molar-refractivity contribution in [1.29, 1.82) is 0 Å². The maximum atomic E-state index is 10.0. The Kier molecular flexibility index (Phi) is 8.27. The third-order valence-corrected chi connectivity index (χ3v) is 1.23. The molecule has 0 rings (SSSR count). The molecule has 88 valence electrons. The number of amides is 1. The largest absolute Gasteiger partial charge is 0.478 e. The van der Waals surface area contributed by atoms with E-state index in [0.717, 1.165) is 4.90 Å². The molecule has 15 heavy (non-hydrogen) atoms. The molecule has 0 saturated carbocycles. The van der Waals surface area contributed by atoms with Crippen molar-refractivity contribution in [3.63, 3.8) is 0 Å². The number of carbonyl (C=O) groups is 2. The summed E-state index contributed by atoms with van der Waals surface area (Å²) in [6, 6.07) is 0. The van der Waals surface area contributed by atoms with Crippen LogP contribution in [0.4, 0.5) is 4.79 Å². The highest BCUT2D eigenvalue weighted by atomic mass is 16.4. The van der Waals surface area contributed by atoms with Crippen LogP contribution in [0.3, 0.4) is 0 Å². The van der Waals surface area contributed by atoms with Crippen LogP contribution in [-0.4, -0.2) is 52.0 Å². The average Bonchev–Trinajstić information content (AvgIpc) is 2.03. The van der Waals surface area contributed by atoms with Gasteiger partial charge in [-0.05, 0) is 13.8 Å². The van der Waals surface area contributed by atoms with Gasteiger partial charge in [0, 0.05) is 19.2 Å². The molecule has 1 amide bonds. The van der Waals surface area contributed by atoms with Gasteiger partial charge < -0.3 is 20.2 Å². The van der Waals surface area contributed by atoms with Crippen molar-refractivity contribution in [2.24, 2.45) is 0 Å². The van der Waals surface area contributed by atoms with Crippen molar-refractivity contribution in [2.45, 2.75) is 20.0 Å². The van der Waals surface area contributed by atoms with Crippen LogP contribution in [0.2, 0.25) is 0 Å². The van der Waals surface area contributed by atoms with E-state index < -0.39 is 18.2 Å². The molecule has 3 N–H and O–H groups in total. The molecular formula is C9H17NO5. The Bertz CT molecular complexity index is 225. The van der Waals surface area contributed by atoms with Crippen molar-refractivity contribution in [3.8, 4) is 0 Å². The average molecular weight is 219 g/mol. The maximum Gasteiger partial charge on any atom is 0.407 e. The summed E-state index contributed by atoms with van der Waals surface area (Å²) < 4.78 is 0. The Hall–Kier alpha value is -1.56. The van der Waals surface area contributed by atoms with Gasteiger partial charge in [0.1, 0.15) is 0 Å². The van der Waals surface area contributed by atoms with Crippen LogP contribution >= 0.6 is 0 Å². The number of likely N-dealkylation sites (N-methyl/N-ethyl adjacent to an activating group) is 1. The molecule has 6 nitrogen and oxygen atoms in total. The third-order valence-electron chi connectivity index (χ3n) is 1.23. The van der Waals surface area contributed by atoms with E-state index in [-0.39, 0.29) is 12.1 Å². The highest BCUT2D eigenvalue weighted by Gasteiger charge is 2.06. The number of hydrogen-bond acceptors (Lipinski definition) is 3. The number of aliphatic hydroxyl groups is 1. The minimum atomic E-state index is -1.02. The summed E-state index contributed by atoms with van der Waals surface area (Å²) in [5.41, 5.74) is 0.176. The van der Waals surface area contributed by atoms with Crippen molar-refractivity contribution >= 4 is 12.1 Å². The summed E-state index contributed by atoms with van der Waals surface area (Å²) in [5, 5.41) is 24.8. The Morgan fingerprint density at radius 2 is 1.73 bits per heavy atom. The fourth-order valence-electron chi connectivity index (χ4n) is 0.474. The molecule has 0 aliphatic heterocycles. The Balaban J connectivity index is 0. The number of carboxylic acids is 1. The number of aliphatic hydroxyl groups excluding tert-OH is 1. The maximum absolute atomic E-state index is 10.0. The summed E-state index contributed by atoms with van der Waals surface area (Å²) in [6.45, 7) is 6.31. The molecule has 0 heterocycles. The molecule has 1 unspecified atom stereocenters. The van der Waals surface area contributed by atoms with Crippen LogP contribution in [0.25, 0.3) is 0 Å². The summed E-state index contributed by atoms with van der Waals surface area (Å²) in [6.07, 6.45) is -1.61. The molecule has 0 saturated heterocycles. The molecule has 0 aliphatic carbocycles. The predicted octanol–water partition coefficient (Wildman–Crippen LogP) is 0.624. The van der Waals surface area contributed by atoms with Gasteiger partial charge in [-0.3, -0.25) is 0 Å². The predicted molar refractivity (Wildman–Crippen MR) is 54.8 cm³/mol. The zero-order valence-corrected chi connectivity index (χ0v) is 9.10. The molecule has 0 aromatic rings. The lowest BCUT2D eigenvalue weighted by Gasteiger charge is -2.13. The van der Waals surface area contributed by atoms with E-state index in [1.54, 1.807) is 6.92 Å². The third kappa shape index (κ3) is 12.4. The minimum Gasteiger partial charge on any atom is -0.478 e. The van der Waals surface area contributed by atoms with E-state index >= 15 is 0 Å². The molecular weight excluding hydrogens is 202 g/mol. The second-order valence-corrected chi connectivity index (χ2v) is 3.10. The van der Waals surface area contributed by atoms with Gasteiger partial charge in [-0.2, -0.15) is 0 Å². The van der Waals surface area contributed by atoms with E-state index in [2.05, 4.69) is 6.58 Å². The Morgan fingerprint density at radius 3 is 1.80 bits per heavy atom. The van der Waals surface area contributed by atoms with Gasteiger partial charge in [0.05, 0.1) is 6.10 Å². The van der Waals surface area contributed by atoms with Gasteiger partial charge in [-0.1, -0.05) is 6.58 Å². The molecule has 0 aromatic heterocycles. The van der Waals surface area contributed by atoms with Gasteiger partial charge in [0.2, 0.25) is 0 Å². The van der Waals surface area contributed by atoms with Crippen molar-refractivity contribution in [2.75, 3.05) is 13.6 Å². The molecule has 0 fully saturated rings. The first-order chi connectivity index (χ1) is 6.68. The van der Waals surface area contributed by atoms with E-state index in [1.807, 2.05) is 0 Å². The first-order valence-electron chi connectivity index (χ1n) is 4.19. The zero-order valence-electron chi connectivity index (χ0n) is 9.10. The number of aliphatic carboxylic acids is 1. The number of carboxylic acid groups (broad SMARTS) is 2. The molecule has 6 heteroatoms. The molecule has 0 bridgehead atoms. The van der Waals surface area contributed by atoms with Crippen LogP contribution in [0.1, 0.15) is 13.8 Å². The SMILES string of the molecule is C=C(C)C(=O)O.CC(O)CN(C)C(=O)O. The molecule has 0 spiro atoms. The van der Waals surface area contributed by atoms with Crippen molar-refractivity contribution in [3.05, 3.63) is 12.2 Å². The highest BCUT2D eigenvalue weighted by molar-refractivity contribution is 5.84. The van der Waals surface area contributed by atoms with Gasteiger partial charge in [-0.15, -0.1) is 0 Å². The fourth-order valence-corrected chi connectivity index (χ4v) is 0.474. The molecule has 1 atom stereocenters. The zero-order chi connectivity index (χ0) is 12.6. The van der Waals surface area contributed by atoms with E-state index in [1.165, 1.54) is 14.0 Å². The van der Waals surface area contributed by atoms with Gasteiger partial charge >= 0.3 is 12.1 Å². The van der Waals surface area contributed by atoms with Gasteiger partial charge in [0.25, 0.3) is 0 Å². The van der Waals surface area contributed by atoms with Gasteiger partial charge in [-0.25, -0.2) is 9.59 Å². The summed E-state index contributed by atoms with van der Waals surface area (Å²) in [7, 11) is 1.41. The smallest absolute Gasteiger partial charge is 0.407 e. The Labute approximate surface area is 88.4 Å². The summed E-state index contributed by atoms with van der Waals surface area (Å²) in [4.78, 5) is 20.7. The minimum absolute atomic E-state index is 0.162. The monoisotopic (exact) mass is 219 g/mol. The van der Waals surface area contributed by atoms with Crippen LogP contribution < -0.4 is 0 Å².